The Balaban J connectivity index is 1.56. The van der Waals surface area contributed by atoms with Gasteiger partial charge in [-0.15, -0.1) is 0 Å². The number of likely N-dealkylation sites (tertiary alicyclic amines) is 1. The van der Waals surface area contributed by atoms with E-state index >= 15 is 0 Å². The Morgan fingerprint density at radius 2 is 1.26 bits per heavy atom. The number of hydrogen-bond donors (Lipinski definition) is 1. The molecule has 1 fully saturated rings. The monoisotopic (exact) mass is 466 g/mol. The lowest BCUT2D eigenvalue weighted by Crippen LogP contribution is -2.41. The summed E-state index contributed by atoms with van der Waals surface area (Å²) in [6.07, 6.45) is 5.74. The van der Waals surface area contributed by atoms with Crippen LogP contribution in [0.4, 0.5) is 10.1 Å². The van der Waals surface area contributed by atoms with E-state index in [1.807, 2.05) is 60.7 Å². The normalized spacial score (nSPS) is 16.1. The molecule has 2 amide bonds. The summed E-state index contributed by atoms with van der Waals surface area (Å²) in [6, 6.07) is 24.6. The summed E-state index contributed by atoms with van der Waals surface area (Å²) < 4.78 is 13.8. The van der Waals surface area contributed by atoms with E-state index in [0.717, 1.165) is 23.3 Å². The number of carbonyl (C=O) groups is 3. The second-order valence-electron chi connectivity index (χ2n) is 7.99. The molecule has 0 unspecified atom stereocenters. The molecule has 4 rings (SSSR count). The van der Waals surface area contributed by atoms with Crippen molar-refractivity contribution >= 4 is 35.4 Å². The lowest BCUT2D eigenvalue weighted by molar-refractivity contribution is -0.126. The topological polar surface area (TPSA) is 66.5 Å². The summed E-state index contributed by atoms with van der Waals surface area (Å²) in [4.78, 5) is 39.9. The van der Waals surface area contributed by atoms with Crippen LogP contribution < -0.4 is 5.32 Å². The largest absolute Gasteiger partial charge is 0.330 e. The third-order valence-electron chi connectivity index (χ3n) is 5.41. The first kappa shape index (κ1) is 23.6. The Labute approximate surface area is 202 Å². The Bertz CT molecular complexity index is 1270. The van der Waals surface area contributed by atoms with E-state index in [1.165, 1.54) is 23.1 Å². The summed E-state index contributed by atoms with van der Waals surface area (Å²) >= 11 is 0. The summed E-state index contributed by atoms with van der Waals surface area (Å²) in [5.41, 5.74) is 2.68. The third-order valence-corrected chi connectivity index (χ3v) is 5.41. The molecule has 1 saturated heterocycles. The zero-order valence-electron chi connectivity index (χ0n) is 18.9. The third kappa shape index (κ3) is 6.26. The van der Waals surface area contributed by atoms with Crippen LogP contribution in [0, 0.1) is 5.82 Å². The van der Waals surface area contributed by atoms with Crippen molar-refractivity contribution < 1.29 is 18.8 Å². The van der Waals surface area contributed by atoms with Gasteiger partial charge in [0.15, 0.2) is 5.78 Å². The van der Waals surface area contributed by atoms with E-state index in [2.05, 4.69) is 5.32 Å². The molecule has 0 bridgehead atoms. The van der Waals surface area contributed by atoms with Gasteiger partial charge in [0.05, 0.1) is 18.8 Å². The van der Waals surface area contributed by atoms with Gasteiger partial charge in [0.2, 0.25) is 11.8 Å². The van der Waals surface area contributed by atoms with Crippen molar-refractivity contribution in [2.75, 3.05) is 18.4 Å². The maximum Gasteiger partial charge on any atom is 0.248 e. The number of para-hydroxylation sites is 1. The number of carbonyl (C=O) groups excluding carboxylic acids is 3. The minimum Gasteiger partial charge on any atom is -0.330 e. The Morgan fingerprint density at radius 1 is 0.743 bits per heavy atom. The summed E-state index contributed by atoms with van der Waals surface area (Å²) in [5, 5.41) is 2.41. The number of halogens is 1. The zero-order chi connectivity index (χ0) is 24.6. The van der Waals surface area contributed by atoms with Gasteiger partial charge in [-0.25, -0.2) is 4.39 Å². The molecule has 3 aromatic carbocycles. The Hall–Kier alpha value is -4.58. The van der Waals surface area contributed by atoms with Crippen LogP contribution in [0.1, 0.15) is 11.1 Å². The summed E-state index contributed by atoms with van der Waals surface area (Å²) in [7, 11) is 0. The number of nitrogens with zero attached hydrogens (tertiary/aromatic N) is 1. The molecular weight excluding hydrogens is 443 g/mol. The number of ketones is 1. The van der Waals surface area contributed by atoms with Crippen LogP contribution >= 0.6 is 0 Å². The number of rotatable bonds is 5. The molecule has 1 N–H and O–H groups in total. The molecule has 0 radical (unpaired) electrons. The average molecular weight is 467 g/mol. The number of hydrogen-bond acceptors (Lipinski definition) is 3. The number of Topliss-reactive ketones (excluding diaryl/α,β-unsaturated/α-hetero) is 1. The second kappa shape index (κ2) is 11.0. The fourth-order valence-electron chi connectivity index (χ4n) is 3.69. The van der Waals surface area contributed by atoms with Gasteiger partial charge in [0, 0.05) is 23.3 Å². The minimum atomic E-state index is -0.628. The molecule has 174 valence electrons. The Morgan fingerprint density at radius 3 is 1.80 bits per heavy atom. The molecule has 0 saturated carbocycles. The fraction of sp³-hybridized carbons (Fsp3) is 0.0690. The fourth-order valence-corrected chi connectivity index (χ4v) is 3.69. The van der Waals surface area contributed by atoms with Gasteiger partial charge >= 0.3 is 0 Å². The smallest absolute Gasteiger partial charge is 0.248 e. The SMILES string of the molecule is O=C(/C=C\C(=O)N1C/C(=C\c2ccccc2)C(=O)/C(=C/c2ccccc2)C1)Nc1ccccc1F. The van der Waals surface area contributed by atoms with Crippen molar-refractivity contribution in [1.82, 2.24) is 4.90 Å². The van der Waals surface area contributed by atoms with E-state index in [9.17, 15) is 18.8 Å². The first-order chi connectivity index (χ1) is 17.0. The van der Waals surface area contributed by atoms with Crippen LogP contribution in [0.15, 0.2) is 108 Å². The van der Waals surface area contributed by atoms with Crippen LogP contribution in [0.2, 0.25) is 0 Å². The van der Waals surface area contributed by atoms with Gasteiger partial charge in [-0.1, -0.05) is 72.8 Å². The molecule has 0 spiro atoms. The predicted octanol–water partition coefficient (Wildman–Crippen LogP) is 4.90. The number of amides is 2. The van der Waals surface area contributed by atoms with Crippen LogP contribution in [0.25, 0.3) is 12.2 Å². The van der Waals surface area contributed by atoms with E-state index in [-0.39, 0.29) is 24.6 Å². The first-order valence-corrected chi connectivity index (χ1v) is 11.1. The van der Waals surface area contributed by atoms with Crippen LogP contribution in [-0.2, 0) is 14.4 Å². The number of nitrogens with one attached hydrogen (secondary N) is 1. The maximum atomic E-state index is 13.8. The molecule has 0 aliphatic carbocycles. The maximum absolute atomic E-state index is 13.8. The molecule has 35 heavy (non-hydrogen) atoms. The lowest BCUT2D eigenvalue weighted by atomic mass is 9.94. The average Bonchev–Trinajstić information content (AvgIpc) is 2.87. The molecule has 0 atom stereocenters. The highest BCUT2D eigenvalue weighted by molar-refractivity contribution is 6.15. The summed E-state index contributed by atoms with van der Waals surface area (Å²) in [6.45, 7) is 0.218. The minimum absolute atomic E-state index is 0.0272. The van der Waals surface area contributed by atoms with E-state index in [0.29, 0.717) is 11.1 Å². The molecule has 5 nitrogen and oxygen atoms in total. The quantitative estimate of drug-likeness (QED) is 0.544. The van der Waals surface area contributed by atoms with Crippen LogP contribution in [-0.4, -0.2) is 35.6 Å². The number of benzene rings is 3. The first-order valence-electron chi connectivity index (χ1n) is 11.1. The molecular formula is C29H23FN2O3. The number of piperidine rings is 1. The van der Waals surface area contributed by atoms with Crippen molar-refractivity contribution in [2.45, 2.75) is 0 Å². The van der Waals surface area contributed by atoms with Crippen molar-refractivity contribution in [3.8, 4) is 0 Å². The molecule has 1 heterocycles. The standard InChI is InChI=1S/C29H23FN2O3/c30-25-13-7-8-14-26(25)31-27(33)15-16-28(34)32-19-23(17-21-9-3-1-4-10-21)29(35)24(20-32)18-22-11-5-2-6-12-22/h1-18H,19-20H2,(H,31,33)/b16-15-,23-17+,24-18+. The van der Waals surface area contributed by atoms with Gasteiger partial charge in [-0.3, -0.25) is 14.4 Å². The van der Waals surface area contributed by atoms with Gasteiger partial charge in [0.25, 0.3) is 0 Å². The van der Waals surface area contributed by atoms with Crippen molar-refractivity contribution in [3.05, 3.63) is 125 Å². The van der Waals surface area contributed by atoms with Crippen molar-refractivity contribution in [2.24, 2.45) is 0 Å². The van der Waals surface area contributed by atoms with E-state index < -0.39 is 17.6 Å². The highest BCUT2D eigenvalue weighted by atomic mass is 19.1. The van der Waals surface area contributed by atoms with Gasteiger partial charge in [-0.05, 0) is 35.4 Å². The zero-order valence-corrected chi connectivity index (χ0v) is 18.9. The van der Waals surface area contributed by atoms with Crippen molar-refractivity contribution in [1.29, 1.82) is 0 Å². The van der Waals surface area contributed by atoms with E-state index in [4.69, 9.17) is 0 Å². The molecule has 1 aliphatic heterocycles. The highest BCUT2D eigenvalue weighted by Crippen LogP contribution is 2.22. The molecule has 0 aromatic heterocycles. The number of anilines is 1. The van der Waals surface area contributed by atoms with Crippen LogP contribution in [0.3, 0.4) is 0 Å². The lowest BCUT2D eigenvalue weighted by Gasteiger charge is -2.29. The highest BCUT2D eigenvalue weighted by Gasteiger charge is 2.28. The van der Waals surface area contributed by atoms with Gasteiger partial charge in [0.1, 0.15) is 5.82 Å². The van der Waals surface area contributed by atoms with E-state index in [1.54, 1.807) is 18.2 Å². The second-order valence-corrected chi connectivity index (χ2v) is 7.99. The predicted molar refractivity (Wildman–Crippen MR) is 135 cm³/mol. The molecule has 6 heteroatoms. The molecule has 3 aromatic rings. The Kier molecular flexibility index (Phi) is 7.43. The van der Waals surface area contributed by atoms with Crippen molar-refractivity contribution in [3.63, 3.8) is 0 Å². The van der Waals surface area contributed by atoms with Crippen LogP contribution in [0.5, 0.6) is 0 Å². The van der Waals surface area contributed by atoms with Gasteiger partial charge < -0.3 is 10.2 Å². The van der Waals surface area contributed by atoms with Gasteiger partial charge in [-0.2, -0.15) is 0 Å². The summed E-state index contributed by atoms with van der Waals surface area (Å²) in [5.74, 6) is -1.75. The molecule has 1 aliphatic rings.